The molecular formula is C9H13N5O. The molecule has 0 aromatic heterocycles. The van der Waals surface area contributed by atoms with Gasteiger partial charge in [-0.2, -0.15) is 0 Å². The monoisotopic (exact) mass is 207 g/mol. The van der Waals surface area contributed by atoms with Crippen LogP contribution in [0.25, 0.3) is 0 Å². The lowest BCUT2D eigenvalue weighted by Gasteiger charge is -2.04. The Morgan fingerprint density at radius 2 is 2.07 bits per heavy atom. The smallest absolute Gasteiger partial charge is 0.267 e. The Kier molecular flexibility index (Phi) is 3.75. The molecule has 6 heteroatoms. The fourth-order valence-corrected chi connectivity index (χ4v) is 0.968. The molecule has 0 fully saturated rings. The number of nitrogen functional groups attached to an aromatic ring is 1. The van der Waals surface area contributed by atoms with Crippen LogP contribution in [-0.4, -0.2) is 25.0 Å². The van der Waals surface area contributed by atoms with Crippen LogP contribution in [0.1, 0.15) is 10.4 Å². The predicted octanol–water partition coefficient (Wildman–Crippen LogP) is 0.850. The molecule has 1 aromatic carbocycles. The lowest BCUT2D eigenvalue weighted by molar-refractivity contribution is 0.0954. The third-order valence-electron chi connectivity index (χ3n) is 1.61. The van der Waals surface area contributed by atoms with Gasteiger partial charge in [0.2, 0.25) is 0 Å². The number of carbonyl (C=O) groups excluding carboxylic acids is 1. The van der Waals surface area contributed by atoms with E-state index >= 15 is 0 Å². The quantitative estimate of drug-likeness (QED) is 0.333. The van der Waals surface area contributed by atoms with E-state index in [0.29, 0.717) is 11.3 Å². The molecule has 1 aromatic rings. The zero-order valence-electron chi connectivity index (χ0n) is 8.64. The molecule has 6 nitrogen and oxygen atoms in total. The van der Waals surface area contributed by atoms with E-state index in [9.17, 15) is 4.79 Å². The van der Waals surface area contributed by atoms with Crippen LogP contribution in [0.15, 0.2) is 34.6 Å². The molecule has 0 aliphatic rings. The third-order valence-corrected chi connectivity index (χ3v) is 1.61. The van der Waals surface area contributed by atoms with Crippen molar-refractivity contribution in [2.24, 2.45) is 16.2 Å². The molecule has 0 radical (unpaired) electrons. The van der Waals surface area contributed by atoms with Crippen molar-refractivity contribution in [2.75, 3.05) is 14.1 Å². The first kappa shape index (κ1) is 11.1. The standard InChI is InChI=1S/C9H13N5O/c1-14(2)13-12-8-6-4-3-5-7(8)9(15)11-10/h3-6H,10H2,1-2H3,(H,11,15)/b13-12+. The van der Waals surface area contributed by atoms with Gasteiger partial charge in [-0.25, -0.2) is 5.84 Å². The number of hydrogen-bond donors (Lipinski definition) is 2. The summed E-state index contributed by atoms with van der Waals surface area (Å²) in [4.78, 5) is 11.3. The maximum atomic E-state index is 11.3. The Labute approximate surface area is 87.7 Å². The summed E-state index contributed by atoms with van der Waals surface area (Å²) in [6, 6.07) is 6.83. The van der Waals surface area contributed by atoms with E-state index in [1.54, 1.807) is 38.4 Å². The van der Waals surface area contributed by atoms with Gasteiger partial charge in [-0.1, -0.05) is 17.4 Å². The summed E-state index contributed by atoms with van der Waals surface area (Å²) in [5.41, 5.74) is 2.93. The van der Waals surface area contributed by atoms with Gasteiger partial charge in [-0.15, -0.1) is 5.11 Å². The van der Waals surface area contributed by atoms with E-state index in [4.69, 9.17) is 5.84 Å². The number of rotatable bonds is 3. The van der Waals surface area contributed by atoms with Crippen molar-refractivity contribution < 1.29 is 4.79 Å². The van der Waals surface area contributed by atoms with Crippen molar-refractivity contribution >= 4 is 11.6 Å². The van der Waals surface area contributed by atoms with Crippen LogP contribution in [0.3, 0.4) is 0 Å². The molecule has 1 rings (SSSR count). The molecule has 80 valence electrons. The van der Waals surface area contributed by atoms with Crippen LogP contribution < -0.4 is 11.3 Å². The van der Waals surface area contributed by atoms with Crippen LogP contribution >= 0.6 is 0 Å². The van der Waals surface area contributed by atoms with Gasteiger partial charge in [-0.3, -0.25) is 15.2 Å². The molecule has 0 unspecified atom stereocenters. The molecule has 0 aliphatic heterocycles. The van der Waals surface area contributed by atoms with Crippen molar-refractivity contribution in [3.8, 4) is 0 Å². The molecule has 0 saturated heterocycles. The number of amides is 1. The van der Waals surface area contributed by atoms with E-state index in [2.05, 4.69) is 15.8 Å². The topological polar surface area (TPSA) is 83.1 Å². The molecule has 3 N–H and O–H groups in total. The highest BCUT2D eigenvalue weighted by atomic mass is 16.2. The molecular weight excluding hydrogens is 194 g/mol. The van der Waals surface area contributed by atoms with Crippen molar-refractivity contribution in [3.05, 3.63) is 29.8 Å². The highest BCUT2D eigenvalue weighted by Crippen LogP contribution is 2.18. The van der Waals surface area contributed by atoms with Crippen molar-refractivity contribution in [2.45, 2.75) is 0 Å². The van der Waals surface area contributed by atoms with Crippen molar-refractivity contribution in [1.29, 1.82) is 0 Å². The maximum Gasteiger partial charge on any atom is 0.267 e. The van der Waals surface area contributed by atoms with E-state index < -0.39 is 0 Å². The molecule has 0 saturated carbocycles. The van der Waals surface area contributed by atoms with Crippen LogP contribution in [0.5, 0.6) is 0 Å². The van der Waals surface area contributed by atoms with E-state index in [-0.39, 0.29) is 5.91 Å². The van der Waals surface area contributed by atoms with Gasteiger partial charge in [0.25, 0.3) is 5.91 Å². The van der Waals surface area contributed by atoms with Crippen molar-refractivity contribution in [3.63, 3.8) is 0 Å². The predicted molar refractivity (Wildman–Crippen MR) is 56.3 cm³/mol. The fraction of sp³-hybridized carbons (Fsp3) is 0.222. The van der Waals surface area contributed by atoms with Gasteiger partial charge in [0, 0.05) is 14.1 Å². The van der Waals surface area contributed by atoms with Gasteiger partial charge < -0.3 is 0 Å². The molecule has 1 amide bonds. The number of hydrogen-bond acceptors (Lipinski definition) is 4. The fourth-order valence-electron chi connectivity index (χ4n) is 0.968. The summed E-state index contributed by atoms with van der Waals surface area (Å²) in [6.07, 6.45) is 0. The Morgan fingerprint density at radius 1 is 1.40 bits per heavy atom. The third kappa shape index (κ3) is 3.03. The van der Waals surface area contributed by atoms with Crippen LogP contribution in [0.4, 0.5) is 5.69 Å². The summed E-state index contributed by atoms with van der Waals surface area (Å²) >= 11 is 0. The lowest BCUT2D eigenvalue weighted by Crippen LogP contribution is -2.29. The van der Waals surface area contributed by atoms with E-state index in [1.807, 2.05) is 0 Å². The number of nitrogens with one attached hydrogen (secondary N) is 1. The minimum atomic E-state index is -0.386. The summed E-state index contributed by atoms with van der Waals surface area (Å²) in [5, 5.41) is 9.26. The number of hydrazine groups is 1. The Bertz CT molecular complexity index is 375. The van der Waals surface area contributed by atoms with Gasteiger partial charge in [0.1, 0.15) is 5.69 Å². The Morgan fingerprint density at radius 3 is 2.67 bits per heavy atom. The minimum absolute atomic E-state index is 0.386. The normalized spacial score (nSPS) is 10.3. The van der Waals surface area contributed by atoms with Gasteiger partial charge >= 0.3 is 0 Å². The first-order valence-electron chi connectivity index (χ1n) is 4.34. The largest absolute Gasteiger partial charge is 0.290 e. The number of nitrogens with two attached hydrogens (primary N) is 1. The van der Waals surface area contributed by atoms with Crippen molar-refractivity contribution in [1.82, 2.24) is 10.4 Å². The molecule has 0 aliphatic carbocycles. The summed E-state index contributed by atoms with van der Waals surface area (Å²) in [5.74, 6) is 4.66. The van der Waals surface area contributed by atoms with Crippen LogP contribution in [0, 0.1) is 0 Å². The first-order chi connectivity index (χ1) is 7.15. The van der Waals surface area contributed by atoms with Crippen LogP contribution in [-0.2, 0) is 0 Å². The van der Waals surface area contributed by atoms with Gasteiger partial charge in [-0.05, 0) is 12.1 Å². The molecule has 0 spiro atoms. The van der Waals surface area contributed by atoms with E-state index in [0.717, 1.165) is 0 Å². The van der Waals surface area contributed by atoms with Gasteiger partial charge in [0.05, 0.1) is 5.56 Å². The average Bonchev–Trinajstić information content (AvgIpc) is 2.25. The molecule has 0 atom stereocenters. The number of carbonyl (C=O) groups is 1. The molecule has 0 bridgehead atoms. The summed E-state index contributed by atoms with van der Waals surface area (Å²) in [7, 11) is 3.49. The molecule has 15 heavy (non-hydrogen) atoms. The van der Waals surface area contributed by atoms with Gasteiger partial charge in [0.15, 0.2) is 0 Å². The Balaban J connectivity index is 3.01. The lowest BCUT2D eigenvalue weighted by atomic mass is 10.2. The summed E-state index contributed by atoms with van der Waals surface area (Å²) in [6.45, 7) is 0. The Hall–Kier alpha value is -1.95. The molecule has 0 heterocycles. The van der Waals surface area contributed by atoms with E-state index in [1.165, 1.54) is 5.01 Å². The highest BCUT2D eigenvalue weighted by Gasteiger charge is 2.08. The zero-order chi connectivity index (χ0) is 11.3. The highest BCUT2D eigenvalue weighted by molar-refractivity contribution is 5.98. The van der Waals surface area contributed by atoms with Crippen LogP contribution in [0.2, 0.25) is 0 Å². The SMILES string of the molecule is CN(C)/N=N/c1ccccc1C(=O)NN. The second kappa shape index (κ2) is 5.06. The second-order valence-electron chi connectivity index (χ2n) is 3.03. The maximum absolute atomic E-state index is 11.3. The second-order valence-corrected chi connectivity index (χ2v) is 3.03. The number of nitrogens with zero attached hydrogens (tertiary/aromatic N) is 3. The average molecular weight is 207 g/mol. The first-order valence-corrected chi connectivity index (χ1v) is 4.34. The number of benzene rings is 1. The zero-order valence-corrected chi connectivity index (χ0v) is 8.64. The summed E-state index contributed by atoms with van der Waals surface area (Å²) < 4.78 is 0. The minimum Gasteiger partial charge on any atom is -0.290 e.